The van der Waals surface area contributed by atoms with E-state index in [2.05, 4.69) is 5.10 Å². The minimum Gasteiger partial charge on any atom is -0.546 e. The summed E-state index contributed by atoms with van der Waals surface area (Å²) in [6.07, 6.45) is -5.97. The summed E-state index contributed by atoms with van der Waals surface area (Å²) in [5, 5.41) is 14.7. The molecular formula is C19H21F3N3O6-. The molecule has 0 aliphatic rings. The van der Waals surface area contributed by atoms with Crippen molar-refractivity contribution >= 4 is 5.97 Å². The largest absolute Gasteiger partial charge is 0.546 e. The summed E-state index contributed by atoms with van der Waals surface area (Å²) in [5.74, 6) is -1.55. The minimum absolute atomic E-state index is 0.132. The van der Waals surface area contributed by atoms with Crippen molar-refractivity contribution in [3.63, 3.8) is 0 Å². The van der Waals surface area contributed by atoms with Crippen LogP contribution in [0.3, 0.4) is 0 Å². The van der Waals surface area contributed by atoms with Crippen LogP contribution in [-0.4, -0.2) is 32.1 Å². The molecule has 0 spiro atoms. The van der Waals surface area contributed by atoms with E-state index in [9.17, 15) is 32.7 Å². The first-order valence-electron chi connectivity index (χ1n) is 9.17. The maximum absolute atomic E-state index is 12.4. The molecule has 9 nitrogen and oxygen atoms in total. The van der Waals surface area contributed by atoms with Gasteiger partial charge in [0.15, 0.2) is 0 Å². The summed E-state index contributed by atoms with van der Waals surface area (Å²) >= 11 is 0. The van der Waals surface area contributed by atoms with E-state index in [1.807, 2.05) is 0 Å². The predicted octanol–water partition coefficient (Wildman–Crippen LogP) is 0.771. The molecule has 0 saturated heterocycles. The number of aryl methyl sites for hydroxylation is 1. The van der Waals surface area contributed by atoms with Crippen LogP contribution in [0.1, 0.15) is 32.3 Å². The number of aliphatic carboxylic acids is 1. The maximum atomic E-state index is 12.4. The highest BCUT2D eigenvalue weighted by Gasteiger charge is 2.26. The zero-order valence-corrected chi connectivity index (χ0v) is 17.1. The Labute approximate surface area is 174 Å². The lowest BCUT2D eigenvalue weighted by Gasteiger charge is -2.27. The summed E-state index contributed by atoms with van der Waals surface area (Å²) in [6, 6.07) is 6.11. The zero-order valence-electron chi connectivity index (χ0n) is 17.1. The van der Waals surface area contributed by atoms with Gasteiger partial charge in [-0.1, -0.05) is 12.1 Å². The molecule has 0 bridgehead atoms. The molecule has 1 aromatic carbocycles. The van der Waals surface area contributed by atoms with E-state index >= 15 is 0 Å². The molecule has 1 heterocycles. The number of hydrogen-bond donors (Lipinski definition) is 0. The number of ether oxygens (including phenoxy) is 2. The average molecular weight is 444 g/mol. The summed E-state index contributed by atoms with van der Waals surface area (Å²) < 4.78 is 49.1. The Morgan fingerprint density at radius 1 is 1.16 bits per heavy atom. The molecule has 1 aromatic heterocycles. The van der Waals surface area contributed by atoms with Crippen molar-refractivity contribution in [2.24, 2.45) is 7.05 Å². The summed E-state index contributed by atoms with van der Waals surface area (Å²) in [5.41, 5.74) is -2.75. The SMILES string of the molecule is Cn1nc(OCc2ccc(OC(C)(C)C(=O)[O-])cc2)c(=O)n(CCCC(F)(F)F)c1=O. The van der Waals surface area contributed by atoms with E-state index in [4.69, 9.17) is 9.47 Å². The molecule has 0 atom stereocenters. The standard InChI is InChI=1S/C19H22F3N3O6/c1-18(2,16(27)28)31-13-7-5-12(6-8-13)11-30-14-15(26)25(17(29)24(3)23-14)10-4-9-19(20,21)22/h5-8H,4,9-11H2,1-3H3,(H,27,28)/p-1. The van der Waals surface area contributed by atoms with Crippen LogP contribution < -0.4 is 25.8 Å². The van der Waals surface area contributed by atoms with Crippen LogP contribution in [-0.2, 0) is 25.0 Å². The van der Waals surface area contributed by atoms with Gasteiger partial charge in [-0.3, -0.25) is 9.36 Å². The van der Waals surface area contributed by atoms with Gasteiger partial charge in [-0.15, -0.1) is 5.10 Å². The van der Waals surface area contributed by atoms with E-state index in [0.29, 0.717) is 10.1 Å². The van der Waals surface area contributed by atoms with Crippen LogP contribution in [0.4, 0.5) is 13.2 Å². The molecule has 12 heteroatoms. The molecule has 0 fully saturated rings. The van der Waals surface area contributed by atoms with Gasteiger partial charge in [0.1, 0.15) is 18.0 Å². The number of carbonyl (C=O) groups is 1. The molecule has 0 radical (unpaired) electrons. The van der Waals surface area contributed by atoms with Crippen molar-refractivity contribution < 1.29 is 32.5 Å². The lowest BCUT2D eigenvalue weighted by Crippen LogP contribution is -2.47. The van der Waals surface area contributed by atoms with Crippen LogP contribution in [0.15, 0.2) is 33.9 Å². The number of nitrogens with zero attached hydrogens (tertiary/aromatic N) is 3. The minimum atomic E-state index is -4.40. The summed E-state index contributed by atoms with van der Waals surface area (Å²) in [6.45, 7) is 2.12. The number of aromatic nitrogens is 3. The van der Waals surface area contributed by atoms with E-state index in [0.717, 1.165) is 4.68 Å². The number of carbonyl (C=O) groups excluding carboxylic acids is 1. The monoisotopic (exact) mass is 444 g/mol. The Kier molecular flexibility index (Phi) is 7.13. The number of alkyl halides is 3. The molecule has 0 saturated carbocycles. The topological polar surface area (TPSA) is 115 Å². The number of benzene rings is 1. The predicted molar refractivity (Wildman–Crippen MR) is 99.5 cm³/mol. The zero-order chi connectivity index (χ0) is 23.4. The normalized spacial score (nSPS) is 11.9. The van der Waals surface area contributed by atoms with Crippen molar-refractivity contribution in [2.75, 3.05) is 0 Å². The number of carboxylic acid groups (broad SMARTS) is 1. The second-order valence-corrected chi connectivity index (χ2v) is 7.22. The van der Waals surface area contributed by atoms with Crippen LogP contribution in [0.5, 0.6) is 11.6 Å². The third-order valence-corrected chi connectivity index (χ3v) is 4.18. The Hall–Kier alpha value is -3.31. The molecule has 170 valence electrons. The Morgan fingerprint density at radius 2 is 1.77 bits per heavy atom. The van der Waals surface area contributed by atoms with Gasteiger partial charge < -0.3 is 19.4 Å². The fourth-order valence-corrected chi connectivity index (χ4v) is 2.47. The molecule has 2 rings (SSSR count). The first kappa shape index (κ1) is 24.0. The second kappa shape index (κ2) is 9.23. The average Bonchev–Trinajstić information content (AvgIpc) is 2.66. The van der Waals surface area contributed by atoms with E-state index in [-0.39, 0.29) is 12.4 Å². The van der Waals surface area contributed by atoms with Gasteiger partial charge in [-0.25, -0.2) is 9.48 Å². The highest BCUT2D eigenvalue weighted by molar-refractivity contribution is 5.74. The van der Waals surface area contributed by atoms with E-state index in [1.54, 1.807) is 12.1 Å². The van der Waals surface area contributed by atoms with E-state index in [1.165, 1.54) is 33.0 Å². The summed E-state index contributed by atoms with van der Waals surface area (Å²) in [4.78, 5) is 35.4. The van der Waals surface area contributed by atoms with Crippen molar-refractivity contribution in [3.8, 4) is 11.6 Å². The lowest BCUT2D eigenvalue weighted by atomic mass is 10.1. The quantitative estimate of drug-likeness (QED) is 0.561. The van der Waals surface area contributed by atoms with Crippen LogP contribution in [0.25, 0.3) is 0 Å². The molecule has 0 N–H and O–H groups in total. The third-order valence-electron chi connectivity index (χ3n) is 4.18. The van der Waals surface area contributed by atoms with Crippen molar-refractivity contribution in [2.45, 2.75) is 51.6 Å². The molecule has 0 aliphatic heterocycles. The van der Waals surface area contributed by atoms with E-state index < -0.39 is 54.3 Å². The van der Waals surface area contributed by atoms with Gasteiger partial charge in [0.25, 0.3) is 5.88 Å². The Bertz CT molecular complexity index is 1040. The van der Waals surface area contributed by atoms with Crippen LogP contribution in [0.2, 0.25) is 0 Å². The molecule has 31 heavy (non-hydrogen) atoms. The number of halogens is 3. The first-order valence-corrected chi connectivity index (χ1v) is 9.17. The number of carboxylic acids is 1. The van der Waals surface area contributed by atoms with Crippen molar-refractivity contribution in [1.82, 2.24) is 14.3 Å². The number of rotatable bonds is 9. The maximum Gasteiger partial charge on any atom is 0.389 e. The van der Waals surface area contributed by atoms with Gasteiger partial charge in [-0.05, 0) is 38.0 Å². The highest BCUT2D eigenvalue weighted by atomic mass is 19.4. The van der Waals surface area contributed by atoms with Crippen molar-refractivity contribution in [3.05, 3.63) is 50.7 Å². The Morgan fingerprint density at radius 3 is 2.32 bits per heavy atom. The third kappa shape index (κ3) is 6.59. The van der Waals surface area contributed by atoms with Gasteiger partial charge in [0, 0.05) is 20.0 Å². The second-order valence-electron chi connectivity index (χ2n) is 7.22. The lowest BCUT2D eigenvalue weighted by molar-refractivity contribution is -0.320. The van der Waals surface area contributed by atoms with Gasteiger partial charge in [0.05, 0.1) is 5.97 Å². The van der Waals surface area contributed by atoms with Gasteiger partial charge in [0.2, 0.25) is 0 Å². The number of hydrogen-bond acceptors (Lipinski definition) is 7. The van der Waals surface area contributed by atoms with Crippen molar-refractivity contribution in [1.29, 1.82) is 0 Å². The summed E-state index contributed by atoms with van der Waals surface area (Å²) in [7, 11) is 1.25. The molecular weight excluding hydrogens is 423 g/mol. The smallest absolute Gasteiger partial charge is 0.389 e. The molecule has 0 aliphatic carbocycles. The molecule has 0 unspecified atom stereocenters. The fraction of sp³-hybridized carbons (Fsp3) is 0.474. The fourth-order valence-electron chi connectivity index (χ4n) is 2.47. The molecule has 2 aromatic rings. The Balaban J connectivity index is 2.10. The van der Waals surface area contributed by atoms with Crippen LogP contribution in [0, 0.1) is 0 Å². The van der Waals surface area contributed by atoms with Crippen LogP contribution >= 0.6 is 0 Å². The molecule has 0 amide bonds. The van der Waals surface area contributed by atoms with Gasteiger partial charge >= 0.3 is 17.4 Å². The first-order chi connectivity index (χ1) is 14.3. The van der Waals surface area contributed by atoms with Gasteiger partial charge in [-0.2, -0.15) is 13.2 Å². The highest BCUT2D eigenvalue weighted by Crippen LogP contribution is 2.21.